The molecular formula is C12H22N4O. The molecule has 96 valence electrons. The first-order valence-corrected chi connectivity index (χ1v) is 6.34. The van der Waals surface area contributed by atoms with Crippen LogP contribution in [0.1, 0.15) is 5.69 Å². The van der Waals surface area contributed by atoms with E-state index in [0.717, 1.165) is 52.4 Å². The van der Waals surface area contributed by atoms with Gasteiger partial charge in [-0.25, -0.2) is 0 Å². The van der Waals surface area contributed by atoms with E-state index in [0.29, 0.717) is 0 Å². The molecule has 1 aliphatic rings. The van der Waals surface area contributed by atoms with Crippen molar-refractivity contribution in [3.05, 3.63) is 18.0 Å². The number of morpholine rings is 1. The van der Waals surface area contributed by atoms with Gasteiger partial charge in [0.05, 0.1) is 13.2 Å². The van der Waals surface area contributed by atoms with Gasteiger partial charge < -0.3 is 10.1 Å². The van der Waals surface area contributed by atoms with Crippen molar-refractivity contribution in [1.29, 1.82) is 0 Å². The fraction of sp³-hybridized carbons (Fsp3) is 0.750. The molecule has 0 unspecified atom stereocenters. The summed E-state index contributed by atoms with van der Waals surface area (Å²) >= 11 is 0. The lowest BCUT2D eigenvalue weighted by Crippen LogP contribution is -2.40. The van der Waals surface area contributed by atoms with Crippen LogP contribution in [0.15, 0.2) is 12.3 Å². The molecule has 2 rings (SSSR count). The van der Waals surface area contributed by atoms with Crippen LogP contribution in [0.3, 0.4) is 0 Å². The van der Waals surface area contributed by atoms with Gasteiger partial charge in [-0.15, -0.1) is 0 Å². The molecule has 1 saturated heterocycles. The normalized spacial score (nSPS) is 17.5. The Morgan fingerprint density at radius 2 is 2.18 bits per heavy atom. The number of hydrogen-bond acceptors (Lipinski definition) is 4. The summed E-state index contributed by atoms with van der Waals surface area (Å²) in [6.07, 6.45) is 2.89. The molecule has 1 aromatic heterocycles. The predicted molar refractivity (Wildman–Crippen MR) is 67.0 cm³/mol. The summed E-state index contributed by atoms with van der Waals surface area (Å²) < 4.78 is 7.25. The summed E-state index contributed by atoms with van der Waals surface area (Å²) in [6.45, 7) is 7.10. The first kappa shape index (κ1) is 12.5. The number of nitrogens with zero attached hydrogens (tertiary/aromatic N) is 3. The van der Waals surface area contributed by atoms with Crippen molar-refractivity contribution in [1.82, 2.24) is 20.0 Å². The third-order valence-electron chi connectivity index (χ3n) is 3.19. The summed E-state index contributed by atoms with van der Waals surface area (Å²) in [5.74, 6) is 0. The highest BCUT2D eigenvalue weighted by atomic mass is 16.5. The Hall–Kier alpha value is -0.910. The van der Waals surface area contributed by atoms with Crippen molar-refractivity contribution in [2.45, 2.75) is 6.42 Å². The Bertz CT molecular complexity index is 320. The lowest BCUT2D eigenvalue weighted by Gasteiger charge is -2.26. The molecule has 1 N–H and O–H groups in total. The number of nitrogens with one attached hydrogen (secondary N) is 1. The summed E-state index contributed by atoms with van der Waals surface area (Å²) in [4.78, 5) is 2.45. The molecule has 0 aliphatic carbocycles. The third-order valence-corrected chi connectivity index (χ3v) is 3.19. The molecule has 0 saturated carbocycles. The minimum atomic E-state index is 0.884. The van der Waals surface area contributed by atoms with Gasteiger partial charge in [0.1, 0.15) is 0 Å². The van der Waals surface area contributed by atoms with Gasteiger partial charge in [0, 0.05) is 58.1 Å². The molecule has 0 aromatic carbocycles. The molecule has 1 fully saturated rings. The highest BCUT2D eigenvalue weighted by Crippen LogP contribution is 1.97. The van der Waals surface area contributed by atoms with Crippen LogP contribution in [0.4, 0.5) is 0 Å². The van der Waals surface area contributed by atoms with E-state index in [1.807, 2.05) is 17.9 Å². The van der Waals surface area contributed by atoms with Gasteiger partial charge in [-0.05, 0) is 6.07 Å². The fourth-order valence-corrected chi connectivity index (χ4v) is 2.05. The third kappa shape index (κ3) is 4.11. The molecule has 1 aliphatic heterocycles. The van der Waals surface area contributed by atoms with E-state index in [4.69, 9.17) is 4.74 Å². The van der Waals surface area contributed by atoms with Gasteiger partial charge in [0.25, 0.3) is 0 Å². The number of ether oxygens (including phenoxy) is 1. The van der Waals surface area contributed by atoms with Crippen molar-refractivity contribution in [2.24, 2.45) is 7.05 Å². The van der Waals surface area contributed by atoms with E-state index >= 15 is 0 Å². The standard InChI is InChI=1S/C12H22N4O/c1-15-12(3-5-14-15)2-4-13-6-7-16-8-10-17-11-9-16/h3,5,13H,2,4,6-11H2,1H3. The summed E-state index contributed by atoms with van der Waals surface area (Å²) in [5.41, 5.74) is 1.28. The van der Waals surface area contributed by atoms with Crippen LogP contribution in [-0.4, -0.2) is 60.6 Å². The highest BCUT2D eigenvalue weighted by molar-refractivity contribution is 5.00. The fourth-order valence-electron chi connectivity index (χ4n) is 2.05. The van der Waals surface area contributed by atoms with Crippen molar-refractivity contribution < 1.29 is 4.74 Å². The van der Waals surface area contributed by atoms with E-state index < -0.39 is 0 Å². The lowest BCUT2D eigenvalue weighted by molar-refractivity contribution is 0.0384. The predicted octanol–water partition coefficient (Wildman–Crippen LogP) is -0.116. The average Bonchev–Trinajstić information content (AvgIpc) is 2.76. The molecular weight excluding hydrogens is 216 g/mol. The molecule has 0 spiro atoms. The molecule has 1 aromatic rings. The number of aryl methyl sites for hydroxylation is 1. The highest BCUT2D eigenvalue weighted by Gasteiger charge is 2.08. The van der Waals surface area contributed by atoms with Gasteiger partial charge in [0.2, 0.25) is 0 Å². The molecule has 5 heteroatoms. The van der Waals surface area contributed by atoms with Crippen molar-refractivity contribution in [2.75, 3.05) is 45.9 Å². The first-order valence-electron chi connectivity index (χ1n) is 6.34. The maximum absolute atomic E-state index is 5.32. The summed E-state index contributed by atoms with van der Waals surface area (Å²) in [7, 11) is 1.99. The van der Waals surface area contributed by atoms with E-state index in [-0.39, 0.29) is 0 Å². The number of hydrogen-bond donors (Lipinski definition) is 1. The van der Waals surface area contributed by atoms with Gasteiger partial charge in [0.15, 0.2) is 0 Å². The minimum absolute atomic E-state index is 0.884. The number of aromatic nitrogens is 2. The smallest absolute Gasteiger partial charge is 0.0594 e. The van der Waals surface area contributed by atoms with Crippen molar-refractivity contribution in [3.8, 4) is 0 Å². The van der Waals surface area contributed by atoms with Gasteiger partial charge in [-0.3, -0.25) is 9.58 Å². The van der Waals surface area contributed by atoms with Crippen LogP contribution >= 0.6 is 0 Å². The van der Waals surface area contributed by atoms with Crippen molar-refractivity contribution >= 4 is 0 Å². The Balaban J connectivity index is 1.53. The van der Waals surface area contributed by atoms with Crippen LogP contribution in [-0.2, 0) is 18.2 Å². The first-order chi connectivity index (χ1) is 8.36. The summed E-state index contributed by atoms with van der Waals surface area (Å²) in [6, 6.07) is 2.07. The monoisotopic (exact) mass is 238 g/mol. The maximum atomic E-state index is 5.32. The Morgan fingerprint density at radius 3 is 2.88 bits per heavy atom. The second-order valence-electron chi connectivity index (χ2n) is 4.40. The molecule has 0 amide bonds. The molecule has 2 heterocycles. The van der Waals surface area contributed by atoms with Crippen LogP contribution in [0.2, 0.25) is 0 Å². The Labute approximate surface area is 103 Å². The summed E-state index contributed by atoms with van der Waals surface area (Å²) in [5, 5.41) is 7.63. The van der Waals surface area contributed by atoms with Gasteiger partial charge in [-0.2, -0.15) is 5.10 Å². The van der Waals surface area contributed by atoms with Crippen LogP contribution in [0, 0.1) is 0 Å². The molecule has 0 radical (unpaired) electrons. The minimum Gasteiger partial charge on any atom is -0.379 e. The zero-order valence-corrected chi connectivity index (χ0v) is 10.6. The van der Waals surface area contributed by atoms with E-state index in [9.17, 15) is 0 Å². The van der Waals surface area contributed by atoms with Crippen LogP contribution < -0.4 is 5.32 Å². The molecule has 5 nitrogen and oxygen atoms in total. The van der Waals surface area contributed by atoms with E-state index in [1.165, 1.54) is 5.69 Å². The van der Waals surface area contributed by atoms with Crippen LogP contribution in [0.25, 0.3) is 0 Å². The largest absolute Gasteiger partial charge is 0.379 e. The molecule has 0 atom stereocenters. The quantitative estimate of drug-likeness (QED) is 0.702. The average molecular weight is 238 g/mol. The Kier molecular flexibility index (Phi) is 4.97. The second-order valence-corrected chi connectivity index (χ2v) is 4.40. The van der Waals surface area contributed by atoms with Crippen molar-refractivity contribution in [3.63, 3.8) is 0 Å². The van der Waals surface area contributed by atoms with Crippen LogP contribution in [0.5, 0.6) is 0 Å². The number of rotatable bonds is 6. The SMILES string of the molecule is Cn1nccc1CCNCCN1CCOCC1. The van der Waals surface area contributed by atoms with Gasteiger partial charge in [-0.1, -0.05) is 0 Å². The molecule has 0 bridgehead atoms. The van der Waals surface area contributed by atoms with Gasteiger partial charge >= 0.3 is 0 Å². The molecule has 17 heavy (non-hydrogen) atoms. The maximum Gasteiger partial charge on any atom is 0.0594 e. The zero-order valence-electron chi connectivity index (χ0n) is 10.6. The lowest BCUT2D eigenvalue weighted by atomic mass is 10.3. The van der Waals surface area contributed by atoms with E-state index in [1.54, 1.807) is 0 Å². The van der Waals surface area contributed by atoms with E-state index in [2.05, 4.69) is 21.4 Å². The Morgan fingerprint density at radius 1 is 1.35 bits per heavy atom. The zero-order chi connectivity index (χ0) is 11.9. The second kappa shape index (κ2) is 6.74. The topological polar surface area (TPSA) is 42.3 Å².